The number of amides is 3. The lowest BCUT2D eigenvalue weighted by atomic mass is 10.1. The molecule has 0 heterocycles. The number of nitrogens with zero attached hydrogens (tertiary/aromatic N) is 1. The second kappa shape index (κ2) is 12.3. The number of carbonyl (C=O) groups is 3. The number of rotatable bonds is 8. The average Bonchev–Trinajstić information content (AvgIpc) is 2.86. The maximum Gasteiger partial charge on any atom is 0.329 e. The summed E-state index contributed by atoms with van der Waals surface area (Å²) in [6.07, 6.45) is 2.04. The Morgan fingerprint density at radius 2 is 1.71 bits per heavy atom. The van der Waals surface area contributed by atoms with Gasteiger partial charge in [0.2, 0.25) is 0 Å². The van der Waals surface area contributed by atoms with E-state index in [-0.39, 0.29) is 12.5 Å². The van der Waals surface area contributed by atoms with Crippen LogP contribution in [0.15, 0.2) is 71.8 Å². The molecule has 0 aliphatic rings. The van der Waals surface area contributed by atoms with Gasteiger partial charge in [-0.1, -0.05) is 54.9 Å². The fourth-order valence-electron chi connectivity index (χ4n) is 3.07. The molecule has 0 spiro atoms. The number of para-hydroxylation sites is 2. The number of nitrogens with one attached hydrogen (secondary N) is 3. The first-order valence-corrected chi connectivity index (χ1v) is 11.2. The molecular formula is C26H25ClN4O4. The molecule has 0 bridgehead atoms. The van der Waals surface area contributed by atoms with Gasteiger partial charge >= 0.3 is 11.8 Å². The van der Waals surface area contributed by atoms with E-state index in [0.29, 0.717) is 34.1 Å². The van der Waals surface area contributed by atoms with E-state index in [1.165, 1.54) is 6.21 Å². The quantitative estimate of drug-likeness (QED) is 0.247. The van der Waals surface area contributed by atoms with E-state index in [1.54, 1.807) is 48.5 Å². The Kier molecular flexibility index (Phi) is 8.97. The van der Waals surface area contributed by atoms with Gasteiger partial charge in [0, 0.05) is 22.0 Å². The smallest absolute Gasteiger partial charge is 0.329 e. The highest BCUT2D eigenvalue weighted by Crippen LogP contribution is 2.20. The third kappa shape index (κ3) is 7.41. The van der Waals surface area contributed by atoms with Crippen LogP contribution in [-0.4, -0.2) is 30.5 Å². The van der Waals surface area contributed by atoms with Crippen molar-refractivity contribution < 1.29 is 19.1 Å². The Bertz CT molecular complexity index is 1260. The van der Waals surface area contributed by atoms with Gasteiger partial charge in [0.15, 0.2) is 6.61 Å². The molecule has 180 valence electrons. The van der Waals surface area contributed by atoms with Crippen LogP contribution in [0.5, 0.6) is 5.75 Å². The monoisotopic (exact) mass is 492 g/mol. The van der Waals surface area contributed by atoms with E-state index >= 15 is 0 Å². The number of ether oxygens (including phenoxy) is 1. The SMILES string of the molecule is CCc1ccccc1NC(=O)C(=O)N/N=C\c1ccccc1OCC(=O)Nc1ccc(C)c(Cl)c1. The Hall–Kier alpha value is -4.17. The lowest BCUT2D eigenvalue weighted by Crippen LogP contribution is -2.32. The van der Waals surface area contributed by atoms with Gasteiger partial charge < -0.3 is 15.4 Å². The highest BCUT2D eigenvalue weighted by molar-refractivity contribution is 6.39. The highest BCUT2D eigenvalue weighted by atomic mass is 35.5. The van der Waals surface area contributed by atoms with Crippen LogP contribution in [0.4, 0.5) is 11.4 Å². The molecular weight excluding hydrogens is 468 g/mol. The maximum absolute atomic E-state index is 12.3. The van der Waals surface area contributed by atoms with Crippen LogP contribution in [0, 0.1) is 6.92 Å². The van der Waals surface area contributed by atoms with Crippen molar-refractivity contribution in [2.45, 2.75) is 20.3 Å². The predicted octanol–water partition coefficient (Wildman–Crippen LogP) is 4.32. The molecule has 0 saturated carbocycles. The van der Waals surface area contributed by atoms with Gasteiger partial charge in [0.05, 0.1) is 6.21 Å². The number of aryl methyl sites for hydroxylation is 2. The summed E-state index contributed by atoms with van der Waals surface area (Å²) in [4.78, 5) is 36.6. The molecule has 0 saturated heterocycles. The second-order valence-electron chi connectivity index (χ2n) is 7.50. The number of hydrogen-bond acceptors (Lipinski definition) is 5. The van der Waals surface area contributed by atoms with Gasteiger partial charge in [-0.2, -0.15) is 5.10 Å². The fraction of sp³-hybridized carbons (Fsp3) is 0.154. The number of hydrogen-bond donors (Lipinski definition) is 3. The largest absolute Gasteiger partial charge is 0.483 e. The molecule has 9 heteroatoms. The highest BCUT2D eigenvalue weighted by Gasteiger charge is 2.14. The predicted molar refractivity (Wildman–Crippen MR) is 137 cm³/mol. The third-order valence-corrected chi connectivity index (χ3v) is 5.36. The normalized spacial score (nSPS) is 10.6. The fourth-order valence-corrected chi connectivity index (χ4v) is 3.25. The number of benzene rings is 3. The summed E-state index contributed by atoms with van der Waals surface area (Å²) in [5.41, 5.74) is 5.66. The Morgan fingerprint density at radius 1 is 0.971 bits per heavy atom. The maximum atomic E-state index is 12.3. The lowest BCUT2D eigenvalue weighted by molar-refractivity contribution is -0.136. The van der Waals surface area contributed by atoms with Crippen LogP contribution in [0.3, 0.4) is 0 Å². The van der Waals surface area contributed by atoms with E-state index in [0.717, 1.165) is 11.1 Å². The molecule has 0 fully saturated rings. The molecule has 3 rings (SSSR count). The van der Waals surface area contributed by atoms with Gasteiger partial charge in [-0.05, 0) is 54.8 Å². The topological polar surface area (TPSA) is 109 Å². The number of carbonyl (C=O) groups excluding carboxylic acids is 3. The third-order valence-electron chi connectivity index (χ3n) is 4.96. The van der Waals surface area contributed by atoms with Crippen LogP contribution in [0.1, 0.15) is 23.6 Å². The summed E-state index contributed by atoms with van der Waals surface area (Å²) in [6.45, 7) is 3.58. The van der Waals surface area contributed by atoms with Crippen molar-refractivity contribution in [1.82, 2.24) is 5.43 Å². The van der Waals surface area contributed by atoms with E-state index in [1.807, 2.05) is 32.0 Å². The molecule has 3 aromatic carbocycles. The molecule has 0 aromatic heterocycles. The first-order chi connectivity index (χ1) is 16.9. The first-order valence-electron chi connectivity index (χ1n) is 10.9. The molecule has 0 radical (unpaired) electrons. The Balaban J connectivity index is 1.54. The van der Waals surface area contributed by atoms with Crippen LogP contribution < -0.4 is 20.8 Å². The zero-order valence-corrected chi connectivity index (χ0v) is 20.1. The van der Waals surface area contributed by atoms with Gasteiger partial charge in [-0.15, -0.1) is 0 Å². The van der Waals surface area contributed by atoms with Crippen molar-refractivity contribution in [2.75, 3.05) is 17.2 Å². The average molecular weight is 493 g/mol. The molecule has 0 unspecified atom stereocenters. The van der Waals surface area contributed by atoms with Crippen molar-refractivity contribution in [3.63, 3.8) is 0 Å². The minimum Gasteiger partial charge on any atom is -0.483 e. The van der Waals surface area contributed by atoms with Crippen molar-refractivity contribution in [3.8, 4) is 5.75 Å². The summed E-state index contributed by atoms with van der Waals surface area (Å²) in [5, 5.41) is 9.68. The molecule has 3 N–H and O–H groups in total. The molecule has 3 aromatic rings. The molecule has 0 atom stereocenters. The van der Waals surface area contributed by atoms with Gasteiger partial charge in [-0.3, -0.25) is 14.4 Å². The van der Waals surface area contributed by atoms with Crippen molar-refractivity contribution in [2.24, 2.45) is 5.10 Å². The number of halogens is 1. The molecule has 0 aliphatic heterocycles. The summed E-state index contributed by atoms with van der Waals surface area (Å²) in [7, 11) is 0. The van der Waals surface area contributed by atoms with Crippen molar-refractivity contribution in [3.05, 3.63) is 88.4 Å². The van der Waals surface area contributed by atoms with E-state index in [9.17, 15) is 14.4 Å². The minimum atomic E-state index is -0.915. The molecule has 0 aliphatic carbocycles. The van der Waals surface area contributed by atoms with Gasteiger partial charge in [0.25, 0.3) is 5.91 Å². The van der Waals surface area contributed by atoms with Gasteiger partial charge in [0.1, 0.15) is 5.75 Å². The number of anilines is 2. The van der Waals surface area contributed by atoms with Crippen LogP contribution in [0.2, 0.25) is 5.02 Å². The van der Waals surface area contributed by atoms with Crippen LogP contribution in [-0.2, 0) is 20.8 Å². The van der Waals surface area contributed by atoms with Gasteiger partial charge in [-0.25, -0.2) is 5.43 Å². The zero-order chi connectivity index (χ0) is 25.2. The van der Waals surface area contributed by atoms with E-state index in [2.05, 4.69) is 21.2 Å². The number of hydrazone groups is 1. The zero-order valence-electron chi connectivity index (χ0n) is 19.3. The standard InChI is InChI=1S/C26H25ClN4O4/c1-3-18-8-4-6-10-22(18)30-25(33)26(34)31-28-15-19-9-5-7-11-23(19)35-16-24(32)29-20-13-12-17(2)21(27)14-20/h4-15H,3,16H2,1-2H3,(H,29,32)(H,30,33)(H,31,34)/b28-15-. The molecule has 8 nitrogen and oxygen atoms in total. The van der Waals surface area contributed by atoms with E-state index < -0.39 is 11.8 Å². The minimum absolute atomic E-state index is 0.248. The Morgan fingerprint density at radius 3 is 2.49 bits per heavy atom. The molecule has 35 heavy (non-hydrogen) atoms. The Labute approximate surface area is 208 Å². The van der Waals surface area contributed by atoms with Crippen LogP contribution >= 0.6 is 11.6 Å². The lowest BCUT2D eigenvalue weighted by Gasteiger charge is -2.10. The molecule has 3 amide bonds. The van der Waals surface area contributed by atoms with Crippen molar-refractivity contribution >= 4 is 46.9 Å². The first kappa shape index (κ1) is 25.5. The summed E-state index contributed by atoms with van der Waals surface area (Å²) >= 11 is 6.08. The second-order valence-corrected chi connectivity index (χ2v) is 7.91. The summed E-state index contributed by atoms with van der Waals surface area (Å²) in [5.74, 6) is -1.74. The van der Waals surface area contributed by atoms with E-state index in [4.69, 9.17) is 16.3 Å². The van der Waals surface area contributed by atoms with Crippen molar-refractivity contribution in [1.29, 1.82) is 0 Å². The summed E-state index contributed by atoms with van der Waals surface area (Å²) < 4.78 is 5.61. The van der Waals surface area contributed by atoms with Crippen LogP contribution in [0.25, 0.3) is 0 Å². The summed E-state index contributed by atoms with van der Waals surface area (Å²) in [6, 6.07) is 19.3.